The maximum absolute atomic E-state index is 12.1. The van der Waals surface area contributed by atoms with Gasteiger partial charge in [0, 0.05) is 31.8 Å². The van der Waals surface area contributed by atoms with Crippen molar-refractivity contribution >= 4 is 22.9 Å². The second-order valence-electron chi connectivity index (χ2n) is 6.98. The van der Waals surface area contributed by atoms with Crippen LogP contribution in [-0.4, -0.2) is 29.4 Å². The number of aromatic nitrogens is 1. The molecule has 1 aromatic carbocycles. The first kappa shape index (κ1) is 19.9. The minimum Gasteiger partial charge on any atom is -0.441 e. The topological polar surface area (TPSA) is 84.2 Å². The number of carbonyl (C=O) groups excluding carboxylic acids is 2. The van der Waals surface area contributed by atoms with E-state index in [-0.39, 0.29) is 17.9 Å². The lowest BCUT2D eigenvalue weighted by atomic mass is 10.1. The Morgan fingerprint density at radius 3 is 2.62 bits per heavy atom. The van der Waals surface area contributed by atoms with Crippen molar-refractivity contribution in [1.82, 2.24) is 15.6 Å². The van der Waals surface area contributed by atoms with Crippen LogP contribution in [0.5, 0.6) is 0 Å². The summed E-state index contributed by atoms with van der Waals surface area (Å²) in [5, 5.41) is 5.87. The van der Waals surface area contributed by atoms with Gasteiger partial charge in [0.1, 0.15) is 5.52 Å². The van der Waals surface area contributed by atoms with Crippen molar-refractivity contribution in [3.63, 3.8) is 0 Å². The van der Waals surface area contributed by atoms with E-state index in [0.29, 0.717) is 37.6 Å². The van der Waals surface area contributed by atoms with E-state index in [2.05, 4.69) is 29.5 Å². The average Bonchev–Trinajstić information content (AvgIpc) is 3.04. The van der Waals surface area contributed by atoms with Crippen molar-refractivity contribution < 1.29 is 14.0 Å². The van der Waals surface area contributed by atoms with Gasteiger partial charge in [-0.3, -0.25) is 9.59 Å². The first-order valence-corrected chi connectivity index (χ1v) is 9.38. The molecule has 6 nitrogen and oxygen atoms in total. The van der Waals surface area contributed by atoms with Gasteiger partial charge in [0.2, 0.25) is 11.8 Å². The molecule has 142 valence electrons. The van der Waals surface area contributed by atoms with Crippen molar-refractivity contribution in [2.75, 3.05) is 6.54 Å². The molecule has 0 bridgehead atoms. The normalized spacial score (nSPS) is 12.3. The molecule has 2 N–H and O–H groups in total. The van der Waals surface area contributed by atoms with E-state index < -0.39 is 0 Å². The summed E-state index contributed by atoms with van der Waals surface area (Å²) < 4.78 is 5.62. The first-order chi connectivity index (χ1) is 12.5. The molecule has 26 heavy (non-hydrogen) atoms. The Labute approximate surface area is 154 Å². The Morgan fingerprint density at radius 2 is 1.92 bits per heavy atom. The fourth-order valence-corrected chi connectivity index (χ4v) is 2.59. The van der Waals surface area contributed by atoms with Crippen LogP contribution in [0.1, 0.15) is 52.3 Å². The second-order valence-corrected chi connectivity index (χ2v) is 6.98. The number of amides is 2. The zero-order valence-corrected chi connectivity index (χ0v) is 15.9. The molecule has 0 aliphatic carbocycles. The number of nitrogens with one attached hydrogen (secondary N) is 2. The zero-order valence-electron chi connectivity index (χ0n) is 15.9. The Morgan fingerprint density at radius 1 is 1.15 bits per heavy atom. The smallest absolute Gasteiger partial charge is 0.220 e. The van der Waals surface area contributed by atoms with Gasteiger partial charge in [0.05, 0.1) is 0 Å². The monoisotopic (exact) mass is 359 g/mol. The summed E-state index contributed by atoms with van der Waals surface area (Å²) in [6.07, 6.45) is 2.94. The number of oxazole rings is 1. The highest BCUT2D eigenvalue weighted by atomic mass is 16.3. The summed E-state index contributed by atoms with van der Waals surface area (Å²) in [5.41, 5.74) is 1.54. The highest BCUT2D eigenvalue weighted by molar-refractivity contribution is 5.77. The maximum atomic E-state index is 12.1. The fraction of sp³-hybridized carbons (Fsp3) is 0.550. The molecule has 1 unspecified atom stereocenters. The predicted molar refractivity (Wildman–Crippen MR) is 102 cm³/mol. The van der Waals surface area contributed by atoms with E-state index in [1.165, 1.54) is 0 Å². The highest BCUT2D eigenvalue weighted by Crippen LogP contribution is 2.15. The molecule has 2 amide bonds. The molecule has 1 atom stereocenters. The standard InChI is InChI=1S/C20H29N3O3/c1-4-15(22-19(25)10-9-14(2)3)13-21-18(24)11-12-20-23-16-7-5-6-8-17(16)26-20/h5-8,14-15H,4,9-13H2,1-3H3,(H,21,24)(H,22,25). The molecule has 6 heteroatoms. The summed E-state index contributed by atoms with van der Waals surface area (Å²) in [6, 6.07) is 7.50. The van der Waals surface area contributed by atoms with Gasteiger partial charge in [-0.2, -0.15) is 0 Å². The molecule has 2 aromatic rings. The average molecular weight is 359 g/mol. The Hall–Kier alpha value is -2.37. The van der Waals surface area contributed by atoms with Gasteiger partial charge in [-0.15, -0.1) is 0 Å². The predicted octanol–water partition coefficient (Wildman–Crippen LogP) is 3.21. The lowest BCUT2D eigenvalue weighted by Gasteiger charge is -2.18. The van der Waals surface area contributed by atoms with Crippen molar-refractivity contribution in [1.29, 1.82) is 0 Å². The van der Waals surface area contributed by atoms with E-state index in [1.54, 1.807) is 0 Å². The third kappa shape index (κ3) is 6.50. The molecular formula is C20H29N3O3. The number of hydrogen-bond acceptors (Lipinski definition) is 4. The summed E-state index contributed by atoms with van der Waals surface area (Å²) in [4.78, 5) is 28.3. The van der Waals surface area contributed by atoms with Crippen LogP contribution < -0.4 is 10.6 Å². The lowest BCUT2D eigenvalue weighted by Crippen LogP contribution is -2.43. The van der Waals surface area contributed by atoms with Crippen molar-refractivity contribution in [2.24, 2.45) is 5.92 Å². The second kappa shape index (κ2) is 9.94. The number of hydrogen-bond donors (Lipinski definition) is 2. The third-order valence-electron chi connectivity index (χ3n) is 4.26. The van der Waals surface area contributed by atoms with Crippen LogP contribution in [0, 0.1) is 5.92 Å². The van der Waals surface area contributed by atoms with E-state index in [1.807, 2.05) is 31.2 Å². The van der Waals surface area contributed by atoms with Crippen LogP contribution in [0.15, 0.2) is 28.7 Å². The third-order valence-corrected chi connectivity index (χ3v) is 4.26. The van der Waals surface area contributed by atoms with Gasteiger partial charge < -0.3 is 15.1 Å². The number of carbonyl (C=O) groups is 2. The molecule has 0 fully saturated rings. The van der Waals surface area contributed by atoms with E-state index in [0.717, 1.165) is 23.9 Å². The van der Waals surface area contributed by atoms with Gasteiger partial charge in [-0.25, -0.2) is 4.98 Å². The van der Waals surface area contributed by atoms with E-state index in [9.17, 15) is 9.59 Å². The van der Waals surface area contributed by atoms with Crippen LogP contribution in [0.4, 0.5) is 0 Å². The van der Waals surface area contributed by atoms with Crippen molar-refractivity contribution in [2.45, 2.75) is 58.9 Å². The van der Waals surface area contributed by atoms with E-state index >= 15 is 0 Å². The molecule has 1 heterocycles. The van der Waals surface area contributed by atoms with Gasteiger partial charge in [-0.05, 0) is 30.9 Å². The number of aryl methyl sites for hydroxylation is 1. The molecule has 2 rings (SSSR count). The number of rotatable bonds is 10. The van der Waals surface area contributed by atoms with Crippen LogP contribution in [-0.2, 0) is 16.0 Å². The van der Waals surface area contributed by atoms with Gasteiger partial charge >= 0.3 is 0 Å². The Bertz CT molecular complexity index is 691. The molecule has 0 aliphatic rings. The molecule has 0 aliphatic heterocycles. The van der Waals surface area contributed by atoms with Gasteiger partial charge in [0.25, 0.3) is 0 Å². The minimum atomic E-state index is -0.0675. The van der Waals surface area contributed by atoms with Crippen LogP contribution in [0.2, 0.25) is 0 Å². The minimum absolute atomic E-state index is 0.0389. The lowest BCUT2D eigenvalue weighted by molar-refractivity contribution is -0.123. The summed E-state index contributed by atoms with van der Waals surface area (Å²) in [5.74, 6) is 1.05. The fourth-order valence-electron chi connectivity index (χ4n) is 2.59. The summed E-state index contributed by atoms with van der Waals surface area (Å²) in [6.45, 7) is 6.64. The SMILES string of the molecule is CCC(CNC(=O)CCc1nc2ccccc2o1)NC(=O)CCC(C)C. The summed E-state index contributed by atoms with van der Waals surface area (Å²) in [7, 11) is 0. The first-order valence-electron chi connectivity index (χ1n) is 9.38. The molecule has 0 saturated carbocycles. The Balaban J connectivity index is 1.71. The summed E-state index contributed by atoms with van der Waals surface area (Å²) >= 11 is 0. The van der Waals surface area contributed by atoms with E-state index in [4.69, 9.17) is 4.42 Å². The largest absolute Gasteiger partial charge is 0.441 e. The number of fused-ring (bicyclic) bond motifs is 1. The Kier molecular flexibility index (Phi) is 7.63. The van der Waals surface area contributed by atoms with Crippen LogP contribution >= 0.6 is 0 Å². The number of para-hydroxylation sites is 2. The van der Waals surface area contributed by atoms with Crippen LogP contribution in [0.3, 0.4) is 0 Å². The van der Waals surface area contributed by atoms with Gasteiger partial charge in [0.15, 0.2) is 11.5 Å². The van der Waals surface area contributed by atoms with Crippen molar-refractivity contribution in [3.8, 4) is 0 Å². The van der Waals surface area contributed by atoms with Crippen LogP contribution in [0.25, 0.3) is 11.1 Å². The quantitative estimate of drug-likeness (QED) is 0.682. The maximum Gasteiger partial charge on any atom is 0.220 e. The molecule has 0 radical (unpaired) electrons. The molecule has 1 aromatic heterocycles. The van der Waals surface area contributed by atoms with Gasteiger partial charge in [-0.1, -0.05) is 32.9 Å². The number of nitrogens with zero attached hydrogens (tertiary/aromatic N) is 1. The number of benzene rings is 1. The molecule has 0 spiro atoms. The van der Waals surface area contributed by atoms with Crippen molar-refractivity contribution in [3.05, 3.63) is 30.2 Å². The molecule has 0 saturated heterocycles. The highest BCUT2D eigenvalue weighted by Gasteiger charge is 2.13. The molecular weight excluding hydrogens is 330 g/mol. The zero-order chi connectivity index (χ0) is 18.9.